The Labute approximate surface area is 73.3 Å². The molecule has 4 nitrogen and oxygen atoms in total. The summed E-state index contributed by atoms with van der Waals surface area (Å²) in [6, 6.07) is 0. The van der Waals surface area contributed by atoms with E-state index in [1.807, 2.05) is 0 Å². The Bertz CT molecular complexity index is 123. The van der Waals surface area contributed by atoms with Crippen LogP contribution >= 0.6 is 0 Å². The number of carbonyl (C=O) groups is 1. The Hall–Kier alpha value is -0.610. The van der Waals surface area contributed by atoms with Gasteiger partial charge in [0.15, 0.2) is 0 Å². The molecule has 2 N–H and O–H groups in total. The number of piperidine rings is 1. The van der Waals surface area contributed by atoms with Gasteiger partial charge < -0.3 is 4.90 Å². The molecule has 1 rings (SSSR count). The van der Waals surface area contributed by atoms with Crippen LogP contribution in [0.4, 0.5) is 0 Å². The number of hydrazine groups is 1. The first-order chi connectivity index (χ1) is 5.93. The molecule has 4 heteroatoms. The number of rotatable bonds is 5. The Morgan fingerprint density at radius 3 is 2.67 bits per heavy atom. The minimum atomic E-state index is 0.663. The van der Waals surface area contributed by atoms with E-state index in [4.69, 9.17) is 0 Å². The number of nitrogens with zero attached hydrogens (tertiary/aromatic N) is 1. The van der Waals surface area contributed by atoms with Crippen LogP contribution in [0.5, 0.6) is 0 Å². The Kier molecular flexibility index (Phi) is 4.71. The first-order valence-electron chi connectivity index (χ1n) is 4.58. The minimum Gasteiger partial charge on any atom is -0.302 e. The van der Waals surface area contributed by atoms with Gasteiger partial charge >= 0.3 is 0 Å². The molecule has 0 bridgehead atoms. The zero-order chi connectivity index (χ0) is 8.65. The van der Waals surface area contributed by atoms with Crippen molar-refractivity contribution in [3.05, 3.63) is 0 Å². The smallest absolute Gasteiger partial charge is 0.221 e. The van der Waals surface area contributed by atoms with Crippen molar-refractivity contribution in [2.24, 2.45) is 0 Å². The summed E-state index contributed by atoms with van der Waals surface area (Å²) in [4.78, 5) is 12.3. The highest BCUT2D eigenvalue weighted by atomic mass is 16.1. The van der Waals surface area contributed by atoms with Crippen LogP contribution in [0.3, 0.4) is 0 Å². The molecule has 0 radical (unpaired) electrons. The van der Waals surface area contributed by atoms with Gasteiger partial charge in [-0.05, 0) is 25.9 Å². The van der Waals surface area contributed by atoms with Crippen molar-refractivity contribution in [2.45, 2.75) is 19.3 Å². The molecule has 1 aliphatic rings. The zero-order valence-electron chi connectivity index (χ0n) is 7.38. The summed E-state index contributed by atoms with van der Waals surface area (Å²) >= 11 is 0. The van der Waals surface area contributed by atoms with Crippen LogP contribution in [0.1, 0.15) is 19.3 Å². The maximum Gasteiger partial charge on any atom is 0.221 e. The van der Waals surface area contributed by atoms with Crippen LogP contribution in [0, 0.1) is 0 Å². The molecular weight excluding hydrogens is 154 g/mol. The van der Waals surface area contributed by atoms with Gasteiger partial charge in [0, 0.05) is 13.1 Å². The highest BCUT2D eigenvalue weighted by Gasteiger charge is 2.08. The number of hydrogen-bond donors (Lipinski definition) is 2. The predicted octanol–water partition coefficient (Wildman–Crippen LogP) is -0.277. The SMILES string of the molecule is O=CNNCCN1CCCCC1. The fourth-order valence-corrected chi connectivity index (χ4v) is 1.51. The van der Waals surface area contributed by atoms with Crippen molar-refractivity contribution in [2.75, 3.05) is 26.2 Å². The van der Waals surface area contributed by atoms with Crippen molar-refractivity contribution in [1.29, 1.82) is 0 Å². The van der Waals surface area contributed by atoms with Crippen LogP contribution in [0.15, 0.2) is 0 Å². The highest BCUT2D eigenvalue weighted by molar-refractivity contribution is 5.44. The third kappa shape index (κ3) is 3.69. The molecule has 12 heavy (non-hydrogen) atoms. The van der Waals surface area contributed by atoms with E-state index in [1.54, 1.807) is 0 Å². The fourth-order valence-electron chi connectivity index (χ4n) is 1.51. The topological polar surface area (TPSA) is 44.4 Å². The largest absolute Gasteiger partial charge is 0.302 e. The molecule has 0 aromatic rings. The zero-order valence-corrected chi connectivity index (χ0v) is 7.38. The van der Waals surface area contributed by atoms with Gasteiger partial charge in [0.05, 0.1) is 0 Å². The van der Waals surface area contributed by atoms with Crippen LogP contribution in [-0.4, -0.2) is 37.5 Å². The van der Waals surface area contributed by atoms with Crippen molar-refractivity contribution < 1.29 is 4.79 Å². The van der Waals surface area contributed by atoms with Crippen molar-refractivity contribution in [3.8, 4) is 0 Å². The summed E-state index contributed by atoms with van der Waals surface area (Å²) in [6.07, 6.45) is 4.68. The maximum atomic E-state index is 9.87. The molecule has 1 aliphatic heterocycles. The molecule has 0 aliphatic carbocycles. The maximum absolute atomic E-state index is 9.87. The van der Waals surface area contributed by atoms with Crippen LogP contribution < -0.4 is 10.9 Å². The number of carbonyl (C=O) groups excluding carboxylic acids is 1. The van der Waals surface area contributed by atoms with Gasteiger partial charge in [-0.1, -0.05) is 6.42 Å². The van der Waals surface area contributed by atoms with E-state index in [2.05, 4.69) is 15.8 Å². The lowest BCUT2D eigenvalue weighted by Gasteiger charge is -2.26. The summed E-state index contributed by atoms with van der Waals surface area (Å²) in [5, 5.41) is 0. The average Bonchev–Trinajstić information content (AvgIpc) is 2.14. The minimum absolute atomic E-state index is 0.663. The number of hydrogen-bond acceptors (Lipinski definition) is 3. The van der Waals surface area contributed by atoms with Gasteiger partial charge in [-0.15, -0.1) is 0 Å². The van der Waals surface area contributed by atoms with Gasteiger partial charge in [0.25, 0.3) is 0 Å². The molecule has 0 aromatic heterocycles. The number of amides is 1. The second-order valence-electron chi connectivity index (χ2n) is 3.09. The molecule has 0 saturated carbocycles. The van der Waals surface area contributed by atoms with Crippen LogP contribution in [0.25, 0.3) is 0 Å². The van der Waals surface area contributed by atoms with Crippen molar-refractivity contribution in [1.82, 2.24) is 15.8 Å². The van der Waals surface area contributed by atoms with Crippen LogP contribution in [-0.2, 0) is 4.79 Å². The third-order valence-corrected chi connectivity index (χ3v) is 2.16. The number of likely N-dealkylation sites (tertiary alicyclic amines) is 1. The van der Waals surface area contributed by atoms with E-state index in [9.17, 15) is 4.79 Å². The van der Waals surface area contributed by atoms with E-state index < -0.39 is 0 Å². The van der Waals surface area contributed by atoms with Gasteiger partial charge in [0.1, 0.15) is 0 Å². The molecule has 0 spiro atoms. The Balaban J connectivity index is 1.94. The molecule has 1 amide bonds. The predicted molar refractivity (Wildman–Crippen MR) is 47.5 cm³/mol. The molecule has 1 fully saturated rings. The number of nitrogens with one attached hydrogen (secondary N) is 2. The summed E-state index contributed by atoms with van der Waals surface area (Å²) in [6.45, 7) is 4.28. The average molecular weight is 171 g/mol. The molecule has 70 valence electrons. The monoisotopic (exact) mass is 171 g/mol. The summed E-state index contributed by atoms with van der Waals surface area (Å²) < 4.78 is 0. The van der Waals surface area contributed by atoms with Crippen molar-refractivity contribution >= 4 is 6.41 Å². The second-order valence-corrected chi connectivity index (χ2v) is 3.09. The van der Waals surface area contributed by atoms with Gasteiger partial charge in [-0.3, -0.25) is 10.2 Å². The lowest BCUT2D eigenvalue weighted by Crippen LogP contribution is -2.40. The first kappa shape index (κ1) is 9.48. The van der Waals surface area contributed by atoms with Gasteiger partial charge in [0.2, 0.25) is 6.41 Å². The summed E-state index contributed by atoms with van der Waals surface area (Å²) in [5.74, 6) is 0. The highest BCUT2D eigenvalue weighted by Crippen LogP contribution is 2.06. The Morgan fingerprint density at radius 1 is 1.25 bits per heavy atom. The fraction of sp³-hybridized carbons (Fsp3) is 0.875. The third-order valence-electron chi connectivity index (χ3n) is 2.16. The lowest BCUT2D eigenvalue weighted by molar-refractivity contribution is -0.110. The van der Waals surface area contributed by atoms with Crippen molar-refractivity contribution in [3.63, 3.8) is 0 Å². The quantitative estimate of drug-likeness (QED) is 0.340. The van der Waals surface area contributed by atoms with E-state index in [-0.39, 0.29) is 0 Å². The van der Waals surface area contributed by atoms with E-state index >= 15 is 0 Å². The lowest BCUT2D eigenvalue weighted by atomic mass is 10.1. The first-order valence-corrected chi connectivity index (χ1v) is 4.58. The second kappa shape index (κ2) is 5.97. The molecular formula is C8H17N3O. The molecule has 1 heterocycles. The molecule has 0 aromatic carbocycles. The summed E-state index contributed by atoms with van der Waals surface area (Å²) in [5.41, 5.74) is 5.25. The van der Waals surface area contributed by atoms with E-state index in [0.717, 1.165) is 13.1 Å². The van der Waals surface area contributed by atoms with E-state index in [0.29, 0.717) is 6.41 Å². The molecule has 0 atom stereocenters. The Morgan fingerprint density at radius 2 is 2.00 bits per heavy atom. The standard InChI is InChI=1S/C8H17N3O/c12-8-10-9-4-7-11-5-2-1-3-6-11/h8-9H,1-7H2,(H,10,12). The normalized spacial score (nSPS) is 19.0. The molecule has 1 saturated heterocycles. The van der Waals surface area contributed by atoms with Gasteiger partial charge in [-0.25, -0.2) is 5.43 Å². The summed E-state index contributed by atoms with van der Waals surface area (Å²) in [7, 11) is 0. The van der Waals surface area contributed by atoms with E-state index in [1.165, 1.54) is 32.4 Å². The molecule has 0 unspecified atom stereocenters. The van der Waals surface area contributed by atoms with Gasteiger partial charge in [-0.2, -0.15) is 0 Å². The van der Waals surface area contributed by atoms with Crippen LogP contribution in [0.2, 0.25) is 0 Å².